The first-order chi connectivity index (χ1) is 32.5. The molecule has 7 rings (SSSR count). The van der Waals surface area contributed by atoms with E-state index >= 15 is 0 Å². The number of likely N-dealkylation sites (N-methyl/N-ethyl adjacent to an activating group) is 1. The fourth-order valence-electron chi connectivity index (χ4n) is 9.82. The summed E-state index contributed by atoms with van der Waals surface area (Å²) in [6, 6.07) is 9.45. The van der Waals surface area contributed by atoms with Gasteiger partial charge in [-0.05, 0) is 111 Å². The molecule has 16 heteroatoms. The van der Waals surface area contributed by atoms with Gasteiger partial charge in [-0.1, -0.05) is 39.7 Å². The maximum atomic E-state index is 14.7. The Hall–Kier alpha value is -6.15. The lowest BCUT2D eigenvalue weighted by molar-refractivity contribution is -0.155. The Morgan fingerprint density at radius 2 is 1.82 bits per heavy atom. The third-order valence-corrected chi connectivity index (χ3v) is 13.2. The summed E-state index contributed by atoms with van der Waals surface area (Å²) < 4.78 is 14.1. The van der Waals surface area contributed by atoms with Gasteiger partial charge in [0.05, 0.1) is 31.4 Å². The second kappa shape index (κ2) is 21.4. The van der Waals surface area contributed by atoms with Crippen LogP contribution >= 0.6 is 0 Å². The summed E-state index contributed by atoms with van der Waals surface area (Å²) in [6.45, 7) is 12.6. The molecular weight excluding hydrogens is 863 g/mol. The molecule has 0 unspecified atom stereocenters. The van der Waals surface area contributed by atoms with E-state index in [2.05, 4.69) is 71.1 Å². The van der Waals surface area contributed by atoms with E-state index in [1.807, 2.05) is 57.2 Å². The minimum Gasteiger partial charge on any atom is -0.464 e. The number of ether oxygens (including phenoxy) is 2. The summed E-state index contributed by atoms with van der Waals surface area (Å²) in [5, 5.41) is 5.50. The zero-order chi connectivity index (χ0) is 48.9. The number of rotatable bonds is 10. The van der Waals surface area contributed by atoms with Gasteiger partial charge >= 0.3 is 5.97 Å². The quantitative estimate of drug-likeness (QED) is 0.170. The highest BCUT2D eigenvalue weighted by molar-refractivity contribution is 5.97. The molecule has 0 radical (unpaired) electrons. The number of amides is 4. The fraction of sp³-hybridized carbons (Fsp3) is 0.519. The highest BCUT2D eigenvalue weighted by Gasteiger charge is 2.40. The molecule has 1 aromatic carbocycles. The highest BCUT2D eigenvalue weighted by atomic mass is 16.5. The van der Waals surface area contributed by atoms with Gasteiger partial charge in [0, 0.05) is 92.9 Å². The Morgan fingerprint density at radius 3 is 2.56 bits per heavy atom. The Balaban J connectivity index is 1.24. The van der Waals surface area contributed by atoms with E-state index in [1.54, 1.807) is 31.5 Å². The fourth-order valence-corrected chi connectivity index (χ4v) is 9.82. The topological polar surface area (TPSA) is 172 Å². The predicted octanol–water partition coefficient (Wildman–Crippen LogP) is 4.48. The summed E-state index contributed by atoms with van der Waals surface area (Å²) in [6.07, 6.45) is 7.44. The monoisotopic (exact) mass is 930 g/mol. The van der Waals surface area contributed by atoms with Crippen molar-refractivity contribution in [1.29, 1.82) is 0 Å². The van der Waals surface area contributed by atoms with Crippen molar-refractivity contribution in [3.05, 3.63) is 71.8 Å². The lowest BCUT2D eigenvalue weighted by atomic mass is 9.84. The molecule has 2 saturated heterocycles. The van der Waals surface area contributed by atoms with Crippen LogP contribution in [0.5, 0.6) is 0 Å². The largest absolute Gasteiger partial charge is 0.464 e. The lowest BCUT2D eigenvalue weighted by Gasteiger charge is -2.37. The average molecular weight is 930 g/mol. The SMILES string of the molecule is CCn1c(-c2cnccc2COC)c2c3cc(ccc31)-c1ccnc(c1)C[C@H](NC(=O)[C@H](C(C)C)N(C)C(=O)[C@H]1CCN(C(=O)C#CCN(C)C)C1)C(=O)N1CCC[C@H](N1)C(=O)OCC(C)(C)C2. The number of benzene rings is 1. The molecule has 6 heterocycles. The van der Waals surface area contributed by atoms with Crippen LogP contribution in [0.25, 0.3) is 33.3 Å². The van der Waals surface area contributed by atoms with Crippen molar-refractivity contribution in [2.75, 3.05) is 61.0 Å². The summed E-state index contributed by atoms with van der Waals surface area (Å²) in [7, 11) is 7.03. The maximum Gasteiger partial charge on any atom is 0.324 e. The number of hydrogen-bond acceptors (Lipinski definition) is 11. The third kappa shape index (κ3) is 11.1. The van der Waals surface area contributed by atoms with Crippen LogP contribution in [0.4, 0.5) is 0 Å². The zero-order valence-corrected chi connectivity index (χ0v) is 41.1. The molecule has 4 amide bonds. The summed E-state index contributed by atoms with van der Waals surface area (Å²) in [5.41, 5.74) is 10.2. The number of methoxy groups -OCH3 is 1. The summed E-state index contributed by atoms with van der Waals surface area (Å²) in [4.78, 5) is 84.3. The van der Waals surface area contributed by atoms with Gasteiger partial charge in [0.25, 0.3) is 11.8 Å². The van der Waals surface area contributed by atoms with E-state index in [-0.39, 0.29) is 37.3 Å². The van der Waals surface area contributed by atoms with E-state index in [4.69, 9.17) is 14.5 Å². The van der Waals surface area contributed by atoms with Gasteiger partial charge in [-0.2, -0.15) is 0 Å². The third-order valence-electron chi connectivity index (χ3n) is 13.2. The number of cyclic esters (lactones) is 1. The van der Waals surface area contributed by atoms with Crippen LogP contribution < -0.4 is 10.7 Å². The molecule has 2 N–H and O–H groups in total. The van der Waals surface area contributed by atoms with Crippen LogP contribution in [-0.2, 0) is 59.4 Å². The van der Waals surface area contributed by atoms with Crippen LogP contribution in [0.15, 0.2) is 55.0 Å². The van der Waals surface area contributed by atoms with E-state index in [0.717, 1.165) is 44.4 Å². The summed E-state index contributed by atoms with van der Waals surface area (Å²) >= 11 is 0. The smallest absolute Gasteiger partial charge is 0.324 e. The van der Waals surface area contributed by atoms with Gasteiger partial charge < -0.3 is 29.2 Å². The molecule has 3 aliphatic heterocycles. The van der Waals surface area contributed by atoms with E-state index in [0.29, 0.717) is 64.2 Å². The molecule has 4 atom stereocenters. The molecule has 4 aromatic rings. The minimum atomic E-state index is -1.12. The molecule has 0 saturated carbocycles. The zero-order valence-electron chi connectivity index (χ0n) is 41.1. The normalized spacial score (nSPS) is 20.1. The van der Waals surface area contributed by atoms with Gasteiger partial charge in [0.15, 0.2) is 0 Å². The van der Waals surface area contributed by atoms with Crippen molar-refractivity contribution < 1.29 is 33.4 Å². The number of aromatic nitrogens is 3. The second-order valence-electron chi connectivity index (χ2n) is 19.7. The number of hydrazine groups is 1. The highest BCUT2D eigenvalue weighted by Crippen LogP contribution is 2.41. The molecule has 0 spiro atoms. The van der Waals surface area contributed by atoms with Gasteiger partial charge in [-0.25, -0.2) is 5.43 Å². The van der Waals surface area contributed by atoms with Crippen molar-refractivity contribution in [2.24, 2.45) is 17.3 Å². The van der Waals surface area contributed by atoms with Crippen molar-refractivity contribution in [3.63, 3.8) is 0 Å². The van der Waals surface area contributed by atoms with Crippen molar-refractivity contribution in [2.45, 2.75) is 98.0 Å². The van der Waals surface area contributed by atoms with Crippen LogP contribution in [0.3, 0.4) is 0 Å². The van der Waals surface area contributed by atoms with E-state index < -0.39 is 47.2 Å². The molecule has 16 nitrogen and oxygen atoms in total. The maximum absolute atomic E-state index is 14.7. The van der Waals surface area contributed by atoms with Gasteiger partial charge in [-0.3, -0.25) is 43.8 Å². The van der Waals surface area contributed by atoms with Crippen LogP contribution in [0.1, 0.15) is 70.7 Å². The number of carbonyl (C=O) groups is 5. The lowest BCUT2D eigenvalue weighted by Crippen LogP contribution is -2.62. The Bertz CT molecular complexity index is 2590. The number of esters is 1. The first-order valence-electron chi connectivity index (χ1n) is 23.8. The molecule has 362 valence electrons. The number of hydrogen-bond donors (Lipinski definition) is 2. The molecule has 2 fully saturated rings. The number of nitrogens with zero attached hydrogens (tertiary/aromatic N) is 7. The van der Waals surface area contributed by atoms with Gasteiger partial charge in [-0.15, -0.1) is 0 Å². The Kier molecular flexibility index (Phi) is 15.7. The number of pyridine rings is 2. The van der Waals surface area contributed by atoms with Gasteiger partial charge in [0.1, 0.15) is 18.1 Å². The Morgan fingerprint density at radius 1 is 1.04 bits per heavy atom. The van der Waals surface area contributed by atoms with E-state index in [9.17, 15) is 24.0 Å². The molecule has 3 aromatic heterocycles. The number of aryl methyl sites for hydroxylation is 1. The van der Waals surface area contributed by atoms with Crippen molar-refractivity contribution >= 4 is 40.5 Å². The molecule has 0 aliphatic carbocycles. The number of fused-ring (bicyclic) bond motifs is 6. The van der Waals surface area contributed by atoms with E-state index in [1.165, 1.54) is 9.91 Å². The average Bonchev–Trinajstić information content (AvgIpc) is 3.93. The van der Waals surface area contributed by atoms with Crippen LogP contribution in [0.2, 0.25) is 0 Å². The number of carbonyl (C=O) groups excluding carboxylic acids is 5. The van der Waals surface area contributed by atoms with Crippen LogP contribution in [-0.4, -0.2) is 143 Å². The summed E-state index contributed by atoms with van der Waals surface area (Å²) in [5.74, 6) is 2.69. The molecule has 68 heavy (non-hydrogen) atoms. The molecular formula is C52H67N9O7. The van der Waals surface area contributed by atoms with Crippen molar-refractivity contribution in [3.8, 4) is 34.2 Å². The van der Waals surface area contributed by atoms with Crippen molar-refractivity contribution in [1.82, 2.24) is 45.0 Å². The molecule has 3 aliphatic rings. The minimum absolute atomic E-state index is 0.0318. The second-order valence-corrected chi connectivity index (χ2v) is 19.7. The predicted molar refractivity (Wildman–Crippen MR) is 259 cm³/mol. The molecule has 6 bridgehead atoms. The van der Waals surface area contributed by atoms with Crippen LogP contribution in [0, 0.1) is 29.1 Å². The van der Waals surface area contributed by atoms with Gasteiger partial charge in [0.2, 0.25) is 11.8 Å². The number of nitrogens with one attached hydrogen (secondary N) is 2. The standard InChI is InChI=1S/C52H67N9O7/c1-10-60-44-16-15-34-26-39(44)40(47(60)41-29-53-20-17-37(41)31-67-9)28-52(4,5)32-68-51(66)42-13-11-23-61(56-42)50(65)43(27-38-25-35(34)18-21-54-38)55-48(63)46(33(2)3)58(8)49(64)36-19-24-59(30-36)45(62)14-12-22-57(6)7/h15-18,20-21,25-26,29,33,36,42-43,46,56H,10-11,13,19,22-24,27-28,30-32H2,1-9H3,(H,55,63)/t36-,42-,43-,46-/m0/s1. The number of likely N-dealkylation sites (tertiary alicyclic amines) is 1. The first kappa shape index (κ1) is 49.7. The first-order valence-corrected chi connectivity index (χ1v) is 23.8. The Labute approximate surface area is 400 Å².